The Kier molecular flexibility index (Phi) is 3.55. The maximum atomic E-state index is 12.3. The van der Waals surface area contributed by atoms with Crippen molar-refractivity contribution in [2.75, 3.05) is 12.4 Å². The maximum absolute atomic E-state index is 12.3. The number of nitrogens with one attached hydrogen (secondary N) is 2. The van der Waals surface area contributed by atoms with Crippen LogP contribution in [0.5, 0.6) is 0 Å². The van der Waals surface area contributed by atoms with E-state index in [0.29, 0.717) is 5.56 Å². The highest BCUT2D eigenvalue weighted by molar-refractivity contribution is 5.99. The van der Waals surface area contributed by atoms with E-state index in [1.165, 1.54) is 12.8 Å². The van der Waals surface area contributed by atoms with Crippen molar-refractivity contribution < 1.29 is 4.79 Å². The Hall–Kier alpha value is -1.58. The van der Waals surface area contributed by atoms with Gasteiger partial charge < -0.3 is 10.6 Å². The predicted molar refractivity (Wildman–Crippen MR) is 72.7 cm³/mol. The molecule has 1 unspecified atom stereocenters. The predicted octanol–water partition coefficient (Wildman–Crippen LogP) is 2.43. The molecule has 1 fully saturated rings. The molecule has 1 aromatic rings. The first-order valence-electron chi connectivity index (χ1n) is 6.47. The van der Waals surface area contributed by atoms with E-state index in [0.717, 1.165) is 12.1 Å². The smallest absolute Gasteiger partial charge is 0.255 e. The van der Waals surface area contributed by atoms with Gasteiger partial charge in [-0.25, -0.2) is 0 Å². The first kappa shape index (κ1) is 12.9. The largest absolute Gasteiger partial charge is 0.387 e. The summed E-state index contributed by atoms with van der Waals surface area (Å²) >= 11 is 0. The van der Waals surface area contributed by atoms with Crippen molar-refractivity contribution in [1.82, 2.24) is 10.3 Å². The third kappa shape index (κ3) is 2.47. The fourth-order valence-electron chi connectivity index (χ4n) is 2.62. The first-order valence-corrected chi connectivity index (χ1v) is 6.47. The van der Waals surface area contributed by atoms with Gasteiger partial charge in [-0.3, -0.25) is 9.78 Å². The van der Waals surface area contributed by atoms with E-state index in [2.05, 4.69) is 29.5 Å². The Balaban J connectivity index is 2.13. The van der Waals surface area contributed by atoms with Crippen molar-refractivity contribution in [3.63, 3.8) is 0 Å². The topological polar surface area (TPSA) is 54.0 Å². The number of carbonyl (C=O) groups is 1. The molecule has 1 amide bonds. The SMILES string of the molecule is CNc1ccncc1C(=O)NC1CCCC1(C)C. The Morgan fingerprint density at radius 2 is 2.28 bits per heavy atom. The number of amides is 1. The lowest BCUT2D eigenvalue weighted by atomic mass is 9.87. The van der Waals surface area contributed by atoms with Gasteiger partial charge in [0.1, 0.15) is 0 Å². The second kappa shape index (κ2) is 4.96. The molecule has 1 aliphatic rings. The summed E-state index contributed by atoms with van der Waals surface area (Å²) in [6.45, 7) is 4.43. The first-order chi connectivity index (χ1) is 8.54. The zero-order valence-corrected chi connectivity index (χ0v) is 11.3. The summed E-state index contributed by atoms with van der Waals surface area (Å²) in [6, 6.07) is 2.07. The summed E-state index contributed by atoms with van der Waals surface area (Å²) in [5.41, 5.74) is 1.62. The molecule has 4 nitrogen and oxygen atoms in total. The number of hydrogen-bond donors (Lipinski definition) is 2. The van der Waals surface area contributed by atoms with Crippen molar-refractivity contribution in [3.8, 4) is 0 Å². The molecule has 4 heteroatoms. The Morgan fingerprint density at radius 1 is 1.50 bits per heavy atom. The number of nitrogens with zero attached hydrogens (tertiary/aromatic N) is 1. The standard InChI is InChI=1S/C14H21N3O/c1-14(2)7-4-5-12(14)17-13(18)10-9-16-8-6-11(10)15-3/h6,8-9,12H,4-5,7H2,1-3H3,(H,15,16)(H,17,18). The third-order valence-corrected chi connectivity index (χ3v) is 3.90. The van der Waals surface area contributed by atoms with E-state index in [4.69, 9.17) is 0 Å². The fourth-order valence-corrected chi connectivity index (χ4v) is 2.62. The average Bonchev–Trinajstić information content (AvgIpc) is 2.68. The normalized spacial score (nSPS) is 21.6. The Labute approximate surface area is 108 Å². The van der Waals surface area contributed by atoms with Gasteiger partial charge in [0.2, 0.25) is 0 Å². The summed E-state index contributed by atoms with van der Waals surface area (Å²) < 4.78 is 0. The summed E-state index contributed by atoms with van der Waals surface area (Å²) in [5, 5.41) is 6.16. The van der Waals surface area contributed by atoms with E-state index >= 15 is 0 Å². The minimum Gasteiger partial charge on any atom is -0.387 e. The maximum Gasteiger partial charge on any atom is 0.255 e. The van der Waals surface area contributed by atoms with Gasteiger partial charge >= 0.3 is 0 Å². The van der Waals surface area contributed by atoms with Gasteiger partial charge in [0.05, 0.1) is 5.56 Å². The van der Waals surface area contributed by atoms with E-state index in [-0.39, 0.29) is 17.4 Å². The van der Waals surface area contributed by atoms with Crippen molar-refractivity contribution in [2.45, 2.75) is 39.2 Å². The molecule has 0 bridgehead atoms. The average molecular weight is 247 g/mol. The van der Waals surface area contributed by atoms with E-state index in [1.807, 2.05) is 13.1 Å². The van der Waals surface area contributed by atoms with Crippen LogP contribution in [0.25, 0.3) is 0 Å². The zero-order valence-electron chi connectivity index (χ0n) is 11.3. The molecule has 1 atom stereocenters. The van der Waals surface area contributed by atoms with E-state index < -0.39 is 0 Å². The molecular weight excluding hydrogens is 226 g/mol. The fraction of sp³-hybridized carbons (Fsp3) is 0.571. The van der Waals surface area contributed by atoms with Gasteiger partial charge in [0.25, 0.3) is 5.91 Å². The number of aromatic nitrogens is 1. The van der Waals surface area contributed by atoms with Crippen molar-refractivity contribution in [1.29, 1.82) is 0 Å². The molecule has 98 valence electrons. The van der Waals surface area contributed by atoms with Gasteiger partial charge in [-0.2, -0.15) is 0 Å². The molecule has 0 spiro atoms. The molecule has 2 rings (SSSR count). The molecule has 2 N–H and O–H groups in total. The number of pyridine rings is 1. The highest BCUT2D eigenvalue weighted by Gasteiger charge is 2.35. The summed E-state index contributed by atoms with van der Waals surface area (Å²) in [4.78, 5) is 16.3. The highest BCUT2D eigenvalue weighted by atomic mass is 16.1. The van der Waals surface area contributed by atoms with Crippen molar-refractivity contribution in [2.24, 2.45) is 5.41 Å². The molecular formula is C14H21N3O. The number of anilines is 1. The number of carbonyl (C=O) groups excluding carboxylic acids is 1. The molecule has 0 aromatic carbocycles. The van der Waals surface area contributed by atoms with Crippen LogP contribution in [0.4, 0.5) is 5.69 Å². The molecule has 1 saturated carbocycles. The van der Waals surface area contributed by atoms with Gasteiger partial charge in [-0.15, -0.1) is 0 Å². The second-order valence-electron chi connectivity index (χ2n) is 5.58. The lowest BCUT2D eigenvalue weighted by Gasteiger charge is -2.28. The molecule has 18 heavy (non-hydrogen) atoms. The number of hydrogen-bond acceptors (Lipinski definition) is 3. The monoisotopic (exact) mass is 247 g/mol. The molecule has 0 aliphatic heterocycles. The minimum absolute atomic E-state index is 0.0348. The quantitative estimate of drug-likeness (QED) is 0.862. The van der Waals surface area contributed by atoms with Crippen LogP contribution in [-0.4, -0.2) is 24.0 Å². The number of rotatable bonds is 3. The molecule has 1 aromatic heterocycles. The Morgan fingerprint density at radius 3 is 2.89 bits per heavy atom. The van der Waals surface area contributed by atoms with E-state index in [1.54, 1.807) is 12.4 Å². The molecule has 1 aliphatic carbocycles. The lowest BCUT2D eigenvalue weighted by Crippen LogP contribution is -2.41. The zero-order chi connectivity index (χ0) is 13.2. The summed E-state index contributed by atoms with van der Waals surface area (Å²) in [6.07, 6.45) is 6.72. The summed E-state index contributed by atoms with van der Waals surface area (Å²) in [7, 11) is 1.81. The summed E-state index contributed by atoms with van der Waals surface area (Å²) in [5.74, 6) is -0.0348. The van der Waals surface area contributed by atoms with Crippen LogP contribution in [-0.2, 0) is 0 Å². The molecule has 1 heterocycles. The lowest BCUT2D eigenvalue weighted by molar-refractivity contribution is 0.0910. The van der Waals surface area contributed by atoms with Crippen LogP contribution in [0.1, 0.15) is 43.5 Å². The third-order valence-electron chi connectivity index (χ3n) is 3.90. The van der Waals surface area contributed by atoms with Crippen LogP contribution in [0.3, 0.4) is 0 Å². The Bertz CT molecular complexity index is 442. The van der Waals surface area contributed by atoms with Gasteiger partial charge in [0.15, 0.2) is 0 Å². The van der Waals surface area contributed by atoms with Crippen molar-refractivity contribution in [3.05, 3.63) is 24.0 Å². The minimum atomic E-state index is -0.0348. The van der Waals surface area contributed by atoms with Crippen molar-refractivity contribution >= 4 is 11.6 Å². The molecule has 0 radical (unpaired) electrons. The van der Waals surface area contributed by atoms with Gasteiger partial charge in [-0.1, -0.05) is 20.3 Å². The highest BCUT2D eigenvalue weighted by Crippen LogP contribution is 2.37. The van der Waals surface area contributed by atoms with Gasteiger partial charge in [0, 0.05) is 31.2 Å². The van der Waals surface area contributed by atoms with Crippen LogP contribution in [0, 0.1) is 5.41 Å². The van der Waals surface area contributed by atoms with E-state index in [9.17, 15) is 4.79 Å². The van der Waals surface area contributed by atoms with Gasteiger partial charge in [-0.05, 0) is 24.3 Å². The second-order valence-corrected chi connectivity index (χ2v) is 5.58. The van der Waals surface area contributed by atoms with Crippen LogP contribution in [0.2, 0.25) is 0 Å². The van der Waals surface area contributed by atoms with Crippen LogP contribution >= 0.6 is 0 Å². The van der Waals surface area contributed by atoms with Crippen LogP contribution in [0.15, 0.2) is 18.5 Å². The van der Waals surface area contributed by atoms with Crippen LogP contribution < -0.4 is 10.6 Å². The molecule has 0 saturated heterocycles.